The van der Waals surface area contributed by atoms with Gasteiger partial charge >= 0.3 is 5.97 Å². The molecule has 0 saturated carbocycles. The molecular weight excluding hydrogens is 398 g/mol. The molecule has 0 unspecified atom stereocenters. The second kappa shape index (κ2) is 8.08. The van der Waals surface area contributed by atoms with Crippen molar-refractivity contribution in [1.82, 2.24) is 4.98 Å². The number of esters is 1. The number of fused-ring (bicyclic) bond motifs is 3. The highest BCUT2D eigenvalue weighted by Crippen LogP contribution is 2.44. The Labute approximate surface area is 186 Å². The number of hydrogen-bond donors (Lipinski definition) is 0. The van der Waals surface area contributed by atoms with Crippen LogP contribution in [0, 0.1) is 6.92 Å². The maximum absolute atomic E-state index is 12.9. The Morgan fingerprint density at radius 1 is 0.968 bits per heavy atom. The number of carbonyl (C=O) groups is 1. The van der Waals surface area contributed by atoms with Gasteiger partial charge in [-0.2, -0.15) is 0 Å². The van der Waals surface area contributed by atoms with E-state index in [1.165, 1.54) is 21.5 Å². The van der Waals surface area contributed by atoms with Gasteiger partial charge in [-0.3, -0.25) is 0 Å². The van der Waals surface area contributed by atoms with E-state index in [1.54, 1.807) is 0 Å². The van der Waals surface area contributed by atoms with Gasteiger partial charge in [0.05, 0.1) is 12.3 Å². The average Bonchev–Trinajstić information content (AvgIpc) is 3.07. The molecule has 3 nitrogen and oxygen atoms in total. The summed E-state index contributed by atoms with van der Waals surface area (Å²) in [5, 5.41) is 2.86. The van der Waals surface area contributed by atoms with Gasteiger partial charge in [0.2, 0.25) is 0 Å². The molecule has 0 bridgehead atoms. The van der Waals surface area contributed by atoms with Gasteiger partial charge in [0, 0.05) is 5.56 Å². The number of benzene rings is 2. The molecular formula is C27H31NO2Si. The molecule has 0 radical (unpaired) electrons. The van der Waals surface area contributed by atoms with E-state index < -0.39 is 8.07 Å². The highest BCUT2D eigenvalue weighted by Gasteiger charge is 2.52. The summed E-state index contributed by atoms with van der Waals surface area (Å²) in [7, 11) is -2.18. The zero-order valence-electron chi connectivity index (χ0n) is 19.3. The zero-order chi connectivity index (χ0) is 22.3. The topological polar surface area (TPSA) is 39.2 Å². The fourth-order valence-electron chi connectivity index (χ4n) is 5.68. The van der Waals surface area contributed by atoms with Crippen LogP contribution < -0.4 is 10.4 Å². The Morgan fingerprint density at radius 3 is 2.19 bits per heavy atom. The lowest BCUT2D eigenvalue weighted by molar-refractivity contribution is 0.0519. The van der Waals surface area contributed by atoms with Crippen LogP contribution in [0.2, 0.25) is 11.1 Å². The van der Waals surface area contributed by atoms with E-state index in [0.29, 0.717) is 23.4 Å². The van der Waals surface area contributed by atoms with Gasteiger partial charge in [-0.05, 0) is 52.0 Å². The quantitative estimate of drug-likeness (QED) is 0.392. The highest BCUT2D eigenvalue weighted by molar-refractivity contribution is 7.08. The fourth-order valence-corrected chi connectivity index (χ4v) is 12.0. The molecule has 3 aromatic rings. The molecule has 1 aliphatic heterocycles. The standard InChI is InChI=1S/C27H31NO2Si/c1-7-30-27(29)24-19(6)23-21-15-11-12-16-22(21)31(17(2)3,18(4)5)26(23)25(28-24)20-13-9-8-10-14-20/h8-18H,7H2,1-6H3. The van der Waals surface area contributed by atoms with Crippen molar-refractivity contribution >= 4 is 24.4 Å². The summed E-state index contributed by atoms with van der Waals surface area (Å²) >= 11 is 0. The number of nitrogens with zero attached hydrogens (tertiary/aromatic N) is 1. The summed E-state index contributed by atoms with van der Waals surface area (Å²) in [5.41, 5.74) is 6.86. The molecule has 31 heavy (non-hydrogen) atoms. The molecule has 160 valence electrons. The summed E-state index contributed by atoms with van der Waals surface area (Å²) in [6, 6.07) is 19.1. The van der Waals surface area contributed by atoms with Crippen LogP contribution in [0.5, 0.6) is 0 Å². The van der Waals surface area contributed by atoms with Gasteiger partial charge in [-0.15, -0.1) is 0 Å². The molecule has 1 aliphatic rings. The molecule has 0 aliphatic carbocycles. The van der Waals surface area contributed by atoms with E-state index in [2.05, 4.69) is 64.1 Å². The van der Waals surface area contributed by atoms with Crippen molar-refractivity contribution in [2.45, 2.75) is 52.6 Å². The molecule has 0 saturated heterocycles. The van der Waals surface area contributed by atoms with Crippen LogP contribution in [-0.2, 0) is 4.74 Å². The van der Waals surface area contributed by atoms with Crippen LogP contribution in [0.4, 0.5) is 0 Å². The minimum atomic E-state index is -2.18. The van der Waals surface area contributed by atoms with Crippen LogP contribution in [0.25, 0.3) is 22.4 Å². The lowest BCUT2D eigenvalue weighted by atomic mass is 9.97. The Morgan fingerprint density at radius 2 is 1.58 bits per heavy atom. The van der Waals surface area contributed by atoms with Gasteiger partial charge in [-0.25, -0.2) is 9.78 Å². The molecule has 2 aromatic carbocycles. The molecule has 1 aromatic heterocycles. The largest absolute Gasteiger partial charge is 0.461 e. The number of carbonyl (C=O) groups excluding carboxylic acids is 1. The maximum Gasteiger partial charge on any atom is 0.357 e. The van der Waals surface area contributed by atoms with E-state index in [4.69, 9.17) is 9.72 Å². The van der Waals surface area contributed by atoms with Crippen LogP contribution in [0.3, 0.4) is 0 Å². The first kappa shape index (κ1) is 21.5. The summed E-state index contributed by atoms with van der Waals surface area (Å²) in [4.78, 5) is 18.0. The van der Waals surface area contributed by atoms with E-state index in [-0.39, 0.29) is 5.97 Å². The number of pyridine rings is 1. The van der Waals surface area contributed by atoms with Crippen molar-refractivity contribution < 1.29 is 9.53 Å². The molecule has 0 spiro atoms. The number of rotatable bonds is 5. The van der Waals surface area contributed by atoms with Crippen molar-refractivity contribution in [2.24, 2.45) is 0 Å². The maximum atomic E-state index is 12.9. The molecule has 0 fully saturated rings. The number of hydrogen-bond acceptors (Lipinski definition) is 3. The average molecular weight is 430 g/mol. The normalized spacial score (nSPS) is 13.9. The molecule has 0 atom stereocenters. The van der Waals surface area contributed by atoms with Crippen LogP contribution in [0.15, 0.2) is 54.6 Å². The minimum Gasteiger partial charge on any atom is -0.461 e. The van der Waals surface area contributed by atoms with E-state index in [9.17, 15) is 4.79 Å². The van der Waals surface area contributed by atoms with Gasteiger partial charge in [0.1, 0.15) is 8.07 Å². The third-order valence-electron chi connectivity index (χ3n) is 6.83. The minimum absolute atomic E-state index is 0.338. The van der Waals surface area contributed by atoms with Crippen molar-refractivity contribution in [3.05, 3.63) is 65.9 Å². The van der Waals surface area contributed by atoms with Crippen molar-refractivity contribution in [2.75, 3.05) is 6.61 Å². The molecule has 4 rings (SSSR count). The third kappa shape index (κ3) is 3.08. The second-order valence-corrected chi connectivity index (χ2v) is 14.1. The Hall–Kier alpha value is -2.72. The predicted octanol–water partition coefficient (Wildman–Crippen LogP) is 5.60. The van der Waals surface area contributed by atoms with E-state index in [1.807, 2.05) is 32.0 Å². The first-order chi connectivity index (χ1) is 14.9. The predicted molar refractivity (Wildman–Crippen MR) is 131 cm³/mol. The van der Waals surface area contributed by atoms with Gasteiger partial charge < -0.3 is 4.74 Å². The van der Waals surface area contributed by atoms with Gasteiger partial charge in [-0.1, -0.05) is 82.3 Å². The van der Waals surface area contributed by atoms with E-state index in [0.717, 1.165) is 16.8 Å². The molecule has 2 heterocycles. The molecule has 0 N–H and O–H groups in total. The van der Waals surface area contributed by atoms with Crippen molar-refractivity contribution in [1.29, 1.82) is 0 Å². The Balaban J connectivity index is 2.20. The lowest BCUT2D eigenvalue weighted by Crippen LogP contribution is -2.60. The van der Waals surface area contributed by atoms with Crippen molar-refractivity contribution in [3.63, 3.8) is 0 Å². The lowest BCUT2D eigenvalue weighted by Gasteiger charge is -2.39. The third-order valence-corrected chi connectivity index (χ3v) is 13.1. The Bertz CT molecular complexity index is 1130. The van der Waals surface area contributed by atoms with Gasteiger partial charge in [0.15, 0.2) is 5.69 Å². The summed E-state index contributed by atoms with van der Waals surface area (Å²) in [6.07, 6.45) is 0. The highest BCUT2D eigenvalue weighted by atomic mass is 28.3. The zero-order valence-corrected chi connectivity index (χ0v) is 20.3. The summed E-state index contributed by atoms with van der Waals surface area (Å²) < 4.78 is 5.40. The first-order valence-electron chi connectivity index (χ1n) is 11.2. The first-order valence-corrected chi connectivity index (χ1v) is 13.4. The van der Waals surface area contributed by atoms with Crippen LogP contribution in [-0.4, -0.2) is 25.6 Å². The van der Waals surface area contributed by atoms with Crippen LogP contribution >= 0.6 is 0 Å². The molecule has 0 amide bonds. The van der Waals surface area contributed by atoms with Gasteiger partial charge in [0.25, 0.3) is 0 Å². The van der Waals surface area contributed by atoms with Crippen molar-refractivity contribution in [3.8, 4) is 22.4 Å². The number of ether oxygens (including phenoxy) is 1. The monoisotopic (exact) mass is 429 g/mol. The second-order valence-electron chi connectivity index (χ2n) is 8.99. The van der Waals surface area contributed by atoms with E-state index >= 15 is 0 Å². The summed E-state index contributed by atoms with van der Waals surface area (Å²) in [6.45, 7) is 13.7. The Kier molecular flexibility index (Phi) is 5.61. The van der Waals surface area contributed by atoms with Crippen LogP contribution in [0.1, 0.15) is 50.7 Å². The summed E-state index contributed by atoms with van der Waals surface area (Å²) in [5.74, 6) is -0.342. The number of aromatic nitrogens is 1. The fraction of sp³-hybridized carbons (Fsp3) is 0.333. The smallest absolute Gasteiger partial charge is 0.357 e. The molecule has 4 heteroatoms. The SMILES string of the molecule is CCOC(=O)c1nc(-c2ccccc2)c2c(c1C)-c1ccccc1[Si]2(C(C)C)C(C)C.